The summed E-state index contributed by atoms with van der Waals surface area (Å²) in [5, 5.41) is 9.01. The van der Waals surface area contributed by atoms with E-state index in [1.807, 2.05) is 0 Å². The largest absolute Gasteiger partial charge is 0.396 e. The van der Waals surface area contributed by atoms with Crippen LogP contribution in [0.2, 0.25) is 0 Å². The maximum absolute atomic E-state index is 9.01. The van der Waals surface area contributed by atoms with E-state index in [1.54, 1.807) is 0 Å². The first-order chi connectivity index (χ1) is 6.52. The van der Waals surface area contributed by atoms with Gasteiger partial charge in [-0.2, -0.15) is 0 Å². The van der Waals surface area contributed by atoms with Crippen LogP contribution in [0.3, 0.4) is 0 Å². The van der Waals surface area contributed by atoms with Gasteiger partial charge in [0.2, 0.25) is 0 Å². The molecule has 0 saturated carbocycles. The van der Waals surface area contributed by atoms with E-state index in [2.05, 4.69) is 27.7 Å². The predicted molar refractivity (Wildman–Crippen MR) is 63.4 cm³/mol. The van der Waals surface area contributed by atoms with Crippen molar-refractivity contribution >= 4 is 0 Å². The second-order valence-corrected chi connectivity index (χ2v) is 5.47. The molecule has 0 bridgehead atoms. The van der Waals surface area contributed by atoms with Crippen LogP contribution in [0.15, 0.2) is 0 Å². The van der Waals surface area contributed by atoms with Crippen molar-refractivity contribution in [2.45, 2.75) is 66.2 Å². The van der Waals surface area contributed by atoms with E-state index in [9.17, 15) is 0 Å². The molecule has 1 unspecified atom stereocenters. The van der Waals surface area contributed by atoms with Gasteiger partial charge >= 0.3 is 0 Å². The molecule has 0 aromatic heterocycles. The third kappa shape index (κ3) is 7.37. The predicted octanol–water partition coefficient (Wildman–Crippen LogP) is 4.00. The molecular weight excluding hydrogens is 172 g/mol. The number of aliphatic hydroxyl groups excluding tert-OH is 1. The molecule has 0 fully saturated rings. The van der Waals surface area contributed by atoms with Gasteiger partial charge in [-0.1, -0.05) is 53.4 Å². The lowest BCUT2D eigenvalue weighted by molar-refractivity contribution is 0.172. The van der Waals surface area contributed by atoms with Gasteiger partial charge in [0.1, 0.15) is 0 Å². The summed E-state index contributed by atoms with van der Waals surface area (Å²) in [7, 11) is 0. The van der Waals surface area contributed by atoms with Gasteiger partial charge in [-0.25, -0.2) is 0 Å². The van der Waals surface area contributed by atoms with Crippen molar-refractivity contribution in [3.63, 3.8) is 0 Å². The molecule has 0 amide bonds. The highest BCUT2D eigenvalue weighted by Crippen LogP contribution is 2.31. The monoisotopic (exact) mass is 200 g/mol. The van der Waals surface area contributed by atoms with Gasteiger partial charge in [0.15, 0.2) is 0 Å². The van der Waals surface area contributed by atoms with Crippen molar-refractivity contribution < 1.29 is 5.11 Å². The molecule has 1 atom stereocenters. The standard InChI is InChI=1S/C13H28O/c1-5-6-7-8-9-13(3,4)10-12(2)11-14/h12,14H,5-11H2,1-4H3. The molecule has 0 aliphatic carbocycles. The molecule has 14 heavy (non-hydrogen) atoms. The van der Waals surface area contributed by atoms with Gasteiger partial charge < -0.3 is 5.11 Å². The number of unbranched alkanes of at least 4 members (excludes halogenated alkanes) is 3. The van der Waals surface area contributed by atoms with Crippen LogP contribution in [0.5, 0.6) is 0 Å². The molecule has 1 N–H and O–H groups in total. The van der Waals surface area contributed by atoms with Crippen LogP contribution in [0, 0.1) is 11.3 Å². The van der Waals surface area contributed by atoms with E-state index >= 15 is 0 Å². The molecule has 0 spiro atoms. The molecule has 86 valence electrons. The molecular formula is C13H28O. The van der Waals surface area contributed by atoms with Crippen LogP contribution in [0.1, 0.15) is 66.2 Å². The Kier molecular flexibility index (Phi) is 7.26. The van der Waals surface area contributed by atoms with Crippen molar-refractivity contribution in [3.05, 3.63) is 0 Å². The number of rotatable bonds is 8. The Bertz CT molecular complexity index is 129. The van der Waals surface area contributed by atoms with Gasteiger partial charge in [0, 0.05) is 6.61 Å². The minimum atomic E-state index is 0.332. The van der Waals surface area contributed by atoms with E-state index in [1.165, 1.54) is 32.1 Å². The lowest BCUT2D eigenvalue weighted by Crippen LogP contribution is -2.17. The summed E-state index contributed by atoms with van der Waals surface area (Å²) in [6, 6.07) is 0. The third-order valence-corrected chi connectivity index (χ3v) is 2.92. The highest BCUT2D eigenvalue weighted by Gasteiger charge is 2.19. The summed E-state index contributed by atoms with van der Waals surface area (Å²) in [5.41, 5.74) is 0.413. The highest BCUT2D eigenvalue weighted by atomic mass is 16.3. The van der Waals surface area contributed by atoms with Crippen LogP contribution in [-0.4, -0.2) is 11.7 Å². The Morgan fingerprint density at radius 3 is 2.29 bits per heavy atom. The molecule has 0 rings (SSSR count). The van der Waals surface area contributed by atoms with E-state index in [0.29, 0.717) is 17.9 Å². The molecule has 0 aromatic carbocycles. The zero-order valence-electron chi connectivity index (χ0n) is 10.5. The quantitative estimate of drug-likeness (QED) is 0.587. The fraction of sp³-hybridized carbons (Fsp3) is 1.00. The van der Waals surface area contributed by atoms with Crippen molar-refractivity contribution in [2.24, 2.45) is 11.3 Å². The summed E-state index contributed by atoms with van der Waals surface area (Å²) < 4.78 is 0. The Hall–Kier alpha value is -0.0400. The van der Waals surface area contributed by atoms with Crippen molar-refractivity contribution in [1.29, 1.82) is 0 Å². The third-order valence-electron chi connectivity index (χ3n) is 2.92. The summed E-state index contributed by atoms with van der Waals surface area (Å²) in [6.07, 6.45) is 7.85. The molecule has 0 heterocycles. The number of hydrogen-bond donors (Lipinski definition) is 1. The van der Waals surface area contributed by atoms with Gasteiger partial charge in [0.25, 0.3) is 0 Å². The first-order valence-corrected chi connectivity index (χ1v) is 6.12. The van der Waals surface area contributed by atoms with E-state index in [0.717, 1.165) is 6.42 Å². The summed E-state index contributed by atoms with van der Waals surface area (Å²) in [5.74, 6) is 0.455. The van der Waals surface area contributed by atoms with Gasteiger partial charge in [0.05, 0.1) is 0 Å². The lowest BCUT2D eigenvalue weighted by atomic mass is 9.79. The maximum atomic E-state index is 9.01. The normalized spacial score (nSPS) is 14.4. The molecule has 0 radical (unpaired) electrons. The summed E-state index contributed by atoms with van der Waals surface area (Å²) in [4.78, 5) is 0. The molecule has 0 aliphatic heterocycles. The fourth-order valence-corrected chi connectivity index (χ4v) is 2.14. The zero-order valence-corrected chi connectivity index (χ0v) is 10.5. The van der Waals surface area contributed by atoms with Crippen molar-refractivity contribution in [2.75, 3.05) is 6.61 Å². The van der Waals surface area contributed by atoms with Crippen molar-refractivity contribution in [1.82, 2.24) is 0 Å². The van der Waals surface area contributed by atoms with E-state index in [4.69, 9.17) is 5.11 Å². The van der Waals surface area contributed by atoms with Crippen LogP contribution in [-0.2, 0) is 0 Å². The minimum Gasteiger partial charge on any atom is -0.396 e. The smallest absolute Gasteiger partial charge is 0.0456 e. The molecule has 0 aliphatic rings. The SMILES string of the molecule is CCCCCCC(C)(C)CC(C)CO. The Morgan fingerprint density at radius 1 is 1.14 bits per heavy atom. The second kappa shape index (κ2) is 7.28. The average molecular weight is 200 g/mol. The Labute approximate surface area is 89.9 Å². The number of aliphatic hydroxyl groups is 1. The van der Waals surface area contributed by atoms with Gasteiger partial charge in [-0.05, 0) is 24.2 Å². The average Bonchev–Trinajstić information content (AvgIpc) is 2.12. The summed E-state index contributed by atoms with van der Waals surface area (Å²) in [6.45, 7) is 9.36. The lowest BCUT2D eigenvalue weighted by Gasteiger charge is -2.27. The van der Waals surface area contributed by atoms with Crippen LogP contribution >= 0.6 is 0 Å². The van der Waals surface area contributed by atoms with Crippen LogP contribution in [0.4, 0.5) is 0 Å². The first kappa shape index (κ1) is 14.0. The van der Waals surface area contributed by atoms with Gasteiger partial charge in [-0.3, -0.25) is 0 Å². The van der Waals surface area contributed by atoms with E-state index in [-0.39, 0.29) is 0 Å². The maximum Gasteiger partial charge on any atom is 0.0456 e. The molecule has 1 nitrogen and oxygen atoms in total. The zero-order chi connectivity index (χ0) is 11.0. The van der Waals surface area contributed by atoms with Crippen LogP contribution in [0.25, 0.3) is 0 Å². The first-order valence-electron chi connectivity index (χ1n) is 6.12. The second-order valence-electron chi connectivity index (χ2n) is 5.47. The Balaban J connectivity index is 3.60. The van der Waals surface area contributed by atoms with Gasteiger partial charge in [-0.15, -0.1) is 0 Å². The Morgan fingerprint density at radius 2 is 1.79 bits per heavy atom. The van der Waals surface area contributed by atoms with Crippen molar-refractivity contribution in [3.8, 4) is 0 Å². The number of hydrogen-bond acceptors (Lipinski definition) is 1. The topological polar surface area (TPSA) is 20.2 Å². The van der Waals surface area contributed by atoms with Crippen LogP contribution < -0.4 is 0 Å². The molecule has 0 aromatic rings. The highest BCUT2D eigenvalue weighted by molar-refractivity contribution is 4.71. The summed E-state index contributed by atoms with van der Waals surface area (Å²) >= 11 is 0. The fourth-order valence-electron chi connectivity index (χ4n) is 2.14. The molecule has 0 saturated heterocycles. The van der Waals surface area contributed by atoms with E-state index < -0.39 is 0 Å². The molecule has 1 heteroatoms. The minimum absolute atomic E-state index is 0.332.